The number of hydrogen-bond donors (Lipinski definition) is 4. The van der Waals surface area contributed by atoms with Crippen LogP contribution in [0.15, 0.2) is 42.2 Å². The van der Waals surface area contributed by atoms with Crippen molar-refractivity contribution in [3.05, 3.63) is 47.8 Å². The molecule has 174 valence electrons. The lowest BCUT2D eigenvalue weighted by Gasteiger charge is -2.21. The minimum absolute atomic E-state index is 0.174. The molecule has 0 aliphatic carbocycles. The first-order valence-corrected chi connectivity index (χ1v) is 9.91. The lowest BCUT2D eigenvalue weighted by atomic mass is 10.0. The van der Waals surface area contributed by atoms with E-state index in [1.54, 1.807) is 15.9 Å². The van der Waals surface area contributed by atoms with Gasteiger partial charge in [0.25, 0.3) is 0 Å². The van der Waals surface area contributed by atoms with Gasteiger partial charge < -0.3 is 31.0 Å². The Kier molecular flexibility index (Phi) is 7.13. The molecule has 2 fully saturated rings. The van der Waals surface area contributed by atoms with E-state index in [1.165, 1.54) is 36.5 Å². The maximum Gasteiger partial charge on any atom is 0.573 e. The summed E-state index contributed by atoms with van der Waals surface area (Å²) in [7, 11) is 0. The fourth-order valence-corrected chi connectivity index (χ4v) is 3.84. The molecule has 0 spiro atoms. The van der Waals surface area contributed by atoms with Crippen molar-refractivity contribution in [1.29, 1.82) is 0 Å². The predicted molar refractivity (Wildman–Crippen MR) is 110 cm³/mol. The van der Waals surface area contributed by atoms with E-state index < -0.39 is 6.36 Å². The van der Waals surface area contributed by atoms with Crippen LogP contribution in [-0.2, 0) is 4.79 Å². The maximum absolute atomic E-state index is 12.5. The molecule has 2 aliphatic heterocycles. The molecule has 6 N–H and O–H groups in total. The molecule has 2 aliphatic rings. The standard InChI is InChI=1S/C20H25F3N6O3/c21-20(22,23)32-17-4-1-13(2-5-17)3-6-18(30)28-9-14-11-29(12-15(14)10-28)19(31)26-7-16(24)8-27-25/h1-6,8,14-15,27H,7,9-12,24-25H2,(H,26,31)/b6-3+,16-8-. The van der Waals surface area contributed by atoms with Crippen LogP contribution in [0.1, 0.15) is 5.56 Å². The topological polar surface area (TPSA) is 126 Å². The summed E-state index contributed by atoms with van der Waals surface area (Å²) in [5, 5.41) is 2.72. The number of urea groups is 1. The molecule has 2 heterocycles. The summed E-state index contributed by atoms with van der Waals surface area (Å²) in [5.74, 6) is 5.00. The summed E-state index contributed by atoms with van der Waals surface area (Å²) in [4.78, 5) is 28.2. The number of carbonyl (C=O) groups is 2. The number of ether oxygens (including phenoxy) is 1. The van der Waals surface area contributed by atoms with Crippen LogP contribution in [0.3, 0.4) is 0 Å². The van der Waals surface area contributed by atoms with Crippen LogP contribution in [0.2, 0.25) is 0 Å². The molecule has 1 aromatic carbocycles. The number of nitrogens with zero attached hydrogens (tertiary/aromatic N) is 2. The Labute approximate surface area is 182 Å². The highest BCUT2D eigenvalue weighted by Gasteiger charge is 2.42. The van der Waals surface area contributed by atoms with Crippen molar-refractivity contribution in [2.45, 2.75) is 6.36 Å². The summed E-state index contributed by atoms with van der Waals surface area (Å²) >= 11 is 0. The summed E-state index contributed by atoms with van der Waals surface area (Å²) in [6, 6.07) is 5.03. The van der Waals surface area contributed by atoms with Crippen molar-refractivity contribution >= 4 is 18.0 Å². The summed E-state index contributed by atoms with van der Waals surface area (Å²) < 4.78 is 40.4. The van der Waals surface area contributed by atoms with E-state index in [0.29, 0.717) is 37.4 Å². The maximum atomic E-state index is 12.5. The minimum atomic E-state index is -4.75. The SMILES string of the molecule is NN/C=C(\N)CNC(=O)N1CC2CN(C(=O)/C=C/c3ccc(OC(F)(F)F)cc3)CC2C1. The lowest BCUT2D eigenvalue weighted by molar-refractivity contribution is -0.274. The Hall–Kier alpha value is -3.41. The molecule has 0 bridgehead atoms. The Bertz CT molecular complexity index is 874. The molecule has 0 aromatic heterocycles. The molecule has 9 nitrogen and oxygen atoms in total. The zero-order valence-corrected chi connectivity index (χ0v) is 17.1. The molecule has 2 unspecified atom stereocenters. The number of alkyl halides is 3. The van der Waals surface area contributed by atoms with Gasteiger partial charge in [0, 0.05) is 56.0 Å². The number of hydrazine groups is 1. The Morgan fingerprint density at radius 1 is 1.09 bits per heavy atom. The largest absolute Gasteiger partial charge is 0.573 e. The highest BCUT2D eigenvalue weighted by Crippen LogP contribution is 2.31. The fourth-order valence-electron chi connectivity index (χ4n) is 3.84. The van der Waals surface area contributed by atoms with E-state index in [2.05, 4.69) is 15.5 Å². The van der Waals surface area contributed by atoms with Gasteiger partial charge in [-0.2, -0.15) is 0 Å². The van der Waals surface area contributed by atoms with Crippen molar-refractivity contribution < 1.29 is 27.5 Å². The third-order valence-electron chi connectivity index (χ3n) is 5.33. The first-order valence-electron chi connectivity index (χ1n) is 9.91. The minimum Gasteiger partial charge on any atom is -0.406 e. The number of halogens is 3. The Morgan fingerprint density at radius 2 is 1.69 bits per heavy atom. The number of likely N-dealkylation sites (tertiary alicyclic amines) is 2. The molecule has 3 amide bonds. The molecular formula is C20H25F3N6O3. The van der Waals surface area contributed by atoms with Gasteiger partial charge in [-0.1, -0.05) is 12.1 Å². The van der Waals surface area contributed by atoms with Gasteiger partial charge in [0.05, 0.1) is 6.54 Å². The van der Waals surface area contributed by atoms with Crippen LogP contribution < -0.4 is 27.1 Å². The van der Waals surface area contributed by atoms with Gasteiger partial charge in [-0.25, -0.2) is 4.79 Å². The van der Waals surface area contributed by atoms with Gasteiger partial charge in [0.15, 0.2) is 0 Å². The Balaban J connectivity index is 1.46. The third-order valence-corrected chi connectivity index (χ3v) is 5.33. The van der Waals surface area contributed by atoms with Crippen LogP contribution >= 0.6 is 0 Å². The number of nitrogens with two attached hydrogens (primary N) is 2. The molecule has 1 aromatic rings. The van der Waals surface area contributed by atoms with Gasteiger partial charge in [0.2, 0.25) is 5.91 Å². The van der Waals surface area contributed by atoms with Crippen LogP contribution in [0.4, 0.5) is 18.0 Å². The van der Waals surface area contributed by atoms with Crippen LogP contribution in [0.25, 0.3) is 6.08 Å². The summed E-state index contributed by atoms with van der Waals surface area (Å²) in [5.41, 5.74) is 8.93. The summed E-state index contributed by atoms with van der Waals surface area (Å²) in [6.45, 7) is 2.34. The third kappa shape index (κ3) is 6.30. The second-order valence-corrected chi connectivity index (χ2v) is 7.66. The number of benzene rings is 1. The van der Waals surface area contributed by atoms with Crippen molar-refractivity contribution in [3.8, 4) is 5.75 Å². The van der Waals surface area contributed by atoms with Gasteiger partial charge in [-0.05, 0) is 23.8 Å². The van der Waals surface area contributed by atoms with Crippen molar-refractivity contribution in [2.24, 2.45) is 23.4 Å². The van der Waals surface area contributed by atoms with E-state index in [-0.39, 0.29) is 36.1 Å². The molecule has 12 heteroatoms. The van der Waals surface area contributed by atoms with E-state index in [9.17, 15) is 22.8 Å². The van der Waals surface area contributed by atoms with Crippen LogP contribution in [0.5, 0.6) is 5.75 Å². The van der Waals surface area contributed by atoms with Gasteiger partial charge in [-0.15, -0.1) is 13.2 Å². The number of fused-ring (bicyclic) bond motifs is 1. The average molecular weight is 454 g/mol. The second kappa shape index (κ2) is 9.81. The molecular weight excluding hydrogens is 429 g/mol. The van der Waals surface area contributed by atoms with Gasteiger partial charge in [-0.3, -0.25) is 10.6 Å². The lowest BCUT2D eigenvalue weighted by Crippen LogP contribution is -2.42. The molecule has 2 atom stereocenters. The number of hydrogen-bond acceptors (Lipinski definition) is 6. The first kappa shape index (κ1) is 23.3. The van der Waals surface area contributed by atoms with E-state index in [0.717, 1.165) is 0 Å². The number of carbonyl (C=O) groups excluding carboxylic acids is 2. The monoisotopic (exact) mass is 454 g/mol. The number of amides is 3. The zero-order valence-electron chi connectivity index (χ0n) is 17.1. The van der Waals surface area contributed by atoms with Crippen molar-refractivity contribution in [2.75, 3.05) is 32.7 Å². The van der Waals surface area contributed by atoms with Crippen molar-refractivity contribution in [1.82, 2.24) is 20.5 Å². The fraction of sp³-hybridized carbons (Fsp3) is 0.400. The van der Waals surface area contributed by atoms with Crippen LogP contribution in [-0.4, -0.2) is 60.8 Å². The number of rotatable bonds is 6. The molecule has 3 rings (SSSR count). The van der Waals surface area contributed by atoms with Gasteiger partial charge in [0.1, 0.15) is 5.75 Å². The van der Waals surface area contributed by atoms with E-state index >= 15 is 0 Å². The summed E-state index contributed by atoms with van der Waals surface area (Å²) in [6.07, 6.45) is -0.419. The second-order valence-electron chi connectivity index (χ2n) is 7.66. The normalized spacial score (nSPS) is 21.1. The highest BCUT2D eigenvalue weighted by atomic mass is 19.4. The van der Waals surface area contributed by atoms with Crippen LogP contribution in [0, 0.1) is 11.8 Å². The quantitative estimate of drug-likeness (QED) is 0.288. The van der Waals surface area contributed by atoms with E-state index in [4.69, 9.17) is 11.6 Å². The van der Waals surface area contributed by atoms with E-state index in [1.807, 2.05) is 0 Å². The first-order chi connectivity index (χ1) is 15.1. The highest BCUT2D eigenvalue weighted by molar-refractivity contribution is 5.92. The smallest absolute Gasteiger partial charge is 0.406 e. The molecule has 2 saturated heterocycles. The average Bonchev–Trinajstić information content (AvgIpc) is 3.30. The number of nitrogens with one attached hydrogen (secondary N) is 2. The predicted octanol–water partition coefficient (Wildman–Crippen LogP) is 0.962. The van der Waals surface area contributed by atoms with Gasteiger partial charge >= 0.3 is 12.4 Å². The molecule has 0 radical (unpaired) electrons. The van der Waals surface area contributed by atoms with Crippen molar-refractivity contribution in [3.63, 3.8) is 0 Å². The molecule has 32 heavy (non-hydrogen) atoms. The zero-order chi connectivity index (χ0) is 23.3. The Morgan fingerprint density at radius 3 is 2.25 bits per heavy atom. The molecule has 0 saturated carbocycles.